The van der Waals surface area contributed by atoms with Gasteiger partial charge in [-0.05, 0) is 41.3 Å². The zero-order chi connectivity index (χ0) is 21.4. The molecule has 0 N–H and O–H groups in total. The quantitative estimate of drug-likeness (QED) is 0.435. The van der Waals surface area contributed by atoms with Crippen LogP contribution in [0, 0.1) is 0 Å². The van der Waals surface area contributed by atoms with Crippen molar-refractivity contribution in [2.24, 2.45) is 0 Å². The summed E-state index contributed by atoms with van der Waals surface area (Å²) in [6.07, 6.45) is -2.13. The number of nitrogens with zero attached hydrogens (tertiary/aromatic N) is 3. The van der Waals surface area contributed by atoms with E-state index in [9.17, 15) is 13.6 Å². The van der Waals surface area contributed by atoms with Crippen molar-refractivity contribution in [3.8, 4) is 11.5 Å². The maximum absolute atomic E-state index is 13.2. The Hall–Kier alpha value is -3.87. The first-order valence-corrected chi connectivity index (χ1v) is 9.78. The van der Waals surface area contributed by atoms with Gasteiger partial charge in [-0.3, -0.25) is 4.79 Å². The summed E-state index contributed by atoms with van der Waals surface area (Å²) in [5, 5.41) is 7.03. The molecule has 1 aromatic heterocycles. The molecule has 0 saturated carbocycles. The molecule has 5 rings (SSSR count). The first-order valence-electron chi connectivity index (χ1n) is 9.78. The highest BCUT2D eigenvalue weighted by Crippen LogP contribution is 2.34. The Morgan fingerprint density at radius 3 is 2.52 bits per heavy atom. The summed E-state index contributed by atoms with van der Waals surface area (Å²) >= 11 is 0. The number of rotatable bonds is 5. The van der Waals surface area contributed by atoms with E-state index in [0.29, 0.717) is 24.1 Å². The van der Waals surface area contributed by atoms with Crippen molar-refractivity contribution < 1.29 is 18.0 Å². The van der Waals surface area contributed by atoms with Crippen LogP contribution in [0.4, 0.5) is 14.5 Å². The molecule has 1 aliphatic rings. The van der Waals surface area contributed by atoms with Crippen LogP contribution < -0.4 is 4.90 Å². The zero-order valence-corrected chi connectivity index (χ0v) is 16.3. The lowest BCUT2D eigenvalue weighted by Crippen LogP contribution is -2.24. The number of hydrogen-bond donors (Lipinski definition) is 0. The predicted octanol–water partition coefficient (Wildman–Crippen LogP) is 5.43. The molecule has 0 unspecified atom stereocenters. The summed E-state index contributed by atoms with van der Waals surface area (Å²) in [7, 11) is 0. The molecule has 1 aliphatic heterocycles. The van der Waals surface area contributed by atoms with Gasteiger partial charge in [-0.1, -0.05) is 54.6 Å². The van der Waals surface area contributed by atoms with Crippen LogP contribution in [-0.4, -0.2) is 16.1 Å². The smallest absolute Gasteiger partial charge is 0.314 e. The van der Waals surface area contributed by atoms with Gasteiger partial charge in [-0.25, -0.2) is 0 Å². The Kier molecular flexibility index (Phi) is 4.78. The van der Waals surface area contributed by atoms with Crippen molar-refractivity contribution in [2.75, 3.05) is 4.90 Å². The van der Waals surface area contributed by atoms with Crippen molar-refractivity contribution in [2.45, 2.75) is 19.4 Å². The third-order valence-electron chi connectivity index (χ3n) is 5.31. The number of carbonyl (C=O) groups excluding carboxylic acids is 1. The maximum Gasteiger partial charge on any atom is 0.314 e. The lowest BCUT2D eigenvalue weighted by Gasteiger charge is -2.20. The fourth-order valence-corrected chi connectivity index (χ4v) is 3.81. The molecule has 154 valence electrons. The highest BCUT2D eigenvalue weighted by atomic mass is 19.3. The van der Waals surface area contributed by atoms with Crippen molar-refractivity contribution in [1.82, 2.24) is 10.2 Å². The van der Waals surface area contributed by atoms with E-state index in [-0.39, 0.29) is 11.8 Å². The van der Waals surface area contributed by atoms with Gasteiger partial charge in [0.05, 0.1) is 6.54 Å². The highest BCUT2D eigenvalue weighted by Gasteiger charge is 2.30. The van der Waals surface area contributed by atoms with E-state index >= 15 is 0 Å². The van der Waals surface area contributed by atoms with E-state index in [0.717, 1.165) is 22.4 Å². The lowest BCUT2D eigenvalue weighted by atomic mass is 10.0. The summed E-state index contributed by atoms with van der Waals surface area (Å²) in [6.45, 7) is 0.437. The molecule has 0 bridgehead atoms. The van der Waals surface area contributed by atoms with E-state index in [1.165, 1.54) is 0 Å². The van der Waals surface area contributed by atoms with Gasteiger partial charge < -0.3 is 9.32 Å². The molecule has 3 aromatic carbocycles. The maximum atomic E-state index is 13.2. The van der Waals surface area contributed by atoms with Gasteiger partial charge in [-0.2, -0.15) is 8.78 Å². The second-order valence-electron chi connectivity index (χ2n) is 7.30. The van der Waals surface area contributed by atoms with E-state index in [4.69, 9.17) is 4.42 Å². The standard InChI is InChI=1S/C24H17F2N3O2/c25-21(26)23-28-27-22(31-23)17-10-11-18-14-29(24(30)19(18)13-17)20-9-5-4-8-16(20)12-15-6-2-1-3-7-15/h1-11,13,21H,12,14H2. The molecule has 7 heteroatoms. The Labute approximate surface area is 177 Å². The minimum absolute atomic E-state index is 0.0335. The second kappa shape index (κ2) is 7.75. The van der Waals surface area contributed by atoms with Crippen molar-refractivity contribution in [3.63, 3.8) is 0 Å². The Morgan fingerprint density at radius 1 is 0.968 bits per heavy atom. The minimum atomic E-state index is -2.84. The van der Waals surface area contributed by atoms with Crippen molar-refractivity contribution in [1.29, 1.82) is 0 Å². The van der Waals surface area contributed by atoms with Gasteiger partial charge >= 0.3 is 6.43 Å². The van der Waals surface area contributed by atoms with Crippen LogP contribution in [0.2, 0.25) is 0 Å². The van der Waals surface area contributed by atoms with E-state index < -0.39 is 12.3 Å². The van der Waals surface area contributed by atoms with Crippen LogP contribution in [-0.2, 0) is 13.0 Å². The Bertz CT molecular complexity index is 1250. The van der Waals surface area contributed by atoms with Crippen molar-refractivity contribution in [3.05, 3.63) is 101 Å². The number of fused-ring (bicyclic) bond motifs is 1. The van der Waals surface area contributed by atoms with Gasteiger partial charge in [-0.15, -0.1) is 10.2 Å². The van der Waals surface area contributed by atoms with Crippen LogP contribution in [0.3, 0.4) is 0 Å². The number of amides is 1. The minimum Gasteiger partial charge on any atom is -0.415 e. The van der Waals surface area contributed by atoms with Crippen LogP contribution in [0.1, 0.15) is 39.4 Å². The lowest BCUT2D eigenvalue weighted by molar-refractivity contribution is 0.0996. The molecule has 0 aliphatic carbocycles. The van der Waals surface area contributed by atoms with Gasteiger partial charge in [0, 0.05) is 16.8 Å². The molecule has 0 saturated heterocycles. The number of hydrogen-bond acceptors (Lipinski definition) is 4. The number of anilines is 1. The zero-order valence-electron chi connectivity index (χ0n) is 16.3. The van der Waals surface area contributed by atoms with Crippen molar-refractivity contribution >= 4 is 11.6 Å². The molecule has 2 heterocycles. The molecule has 4 aromatic rings. The van der Waals surface area contributed by atoms with Gasteiger partial charge in [0.2, 0.25) is 5.89 Å². The highest BCUT2D eigenvalue weighted by molar-refractivity contribution is 6.10. The average Bonchev–Trinajstić information content (AvgIpc) is 3.40. The van der Waals surface area contributed by atoms with Crippen LogP contribution in [0.25, 0.3) is 11.5 Å². The summed E-state index contributed by atoms with van der Waals surface area (Å²) in [6, 6.07) is 23.0. The summed E-state index contributed by atoms with van der Waals surface area (Å²) < 4.78 is 30.5. The summed E-state index contributed by atoms with van der Waals surface area (Å²) in [4.78, 5) is 15.0. The van der Waals surface area contributed by atoms with Gasteiger partial charge in [0.25, 0.3) is 11.8 Å². The largest absolute Gasteiger partial charge is 0.415 e. The number of carbonyl (C=O) groups is 1. The molecule has 5 nitrogen and oxygen atoms in total. The van der Waals surface area contributed by atoms with Crippen LogP contribution in [0.5, 0.6) is 0 Å². The summed E-state index contributed by atoms with van der Waals surface area (Å²) in [5.41, 5.74) is 4.86. The molecule has 0 fully saturated rings. The number of para-hydroxylation sites is 1. The number of aromatic nitrogens is 2. The third-order valence-corrected chi connectivity index (χ3v) is 5.31. The molecule has 31 heavy (non-hydrogen) atoms. The normalized spacial score (nSPS) is 13.1. The molecular formula is C24H17F2N3O2. The monoisotopic (exact) mass is 417 g/mol. The number of halogens is 2. The SMILES string of the molecule is O=C1c2cc(-c3nnc(C(F)F)o3)ccc2CN1c1ccccc1Cc1ccccc1. The van der Waals surface area contributed by atoms with Gasteiger partial charge in [0.15, 0.2) is 0 Å². The summed E-state index contributed by atoms with van der Waals surface area (Å²) in [5.74, 6) is -0.918. The fourth-order valence-electron chi connectivity index (χ4n) is 3.81. The number of benzene rings is 3. The second-order valence-corrected chi connectivity index (χ2v) is 7.30. The fraction of sp³-hybridized carbons (Fsp3) is 0.125. The molecule has 0 spiro atoms. The Morgan fingerprint density at radius 2 is 1.74 bits per heavy atom. The first-order chi connectivity index (χ1) is 15.1. The van der Waals surface area contributed by atoms with E-state index in [2.05, 4.69) is 22.3 Å². The van der Waals surface area contributed by atoms with Gasteiger partial charge in [0.1, 0.15) is 0 Å². The average molecular weight is 417 g/mol. The molecule has 1 amide bonds. The molecule has 0 atom stereocenters. The molecule has 0 radical (unpaired) electrons. The number of alkyl halides is 2. The Balaban J connectivity index is 1.45. The van der Waals surface area contributed by atoms with E-state index in [1.807, 2.05) is 42.5 Å². The predicted molar refractivity (Wildman–Crippen MR) is 111 cm³/mol. The topological polar surface area (TPSA) is 59.2 Å². The third kappa shape index (κ3) is 3.59. The molecular weight excluding hydrogens is 400 g/mol. The van der Waals surface area contributed by atoms with Crippen LogP contribution >= 0.6 is 0 Å². The van der Waals surface area contributed by atoms with Crippen LogP contribution in [0.15, 0.2) is 77.2 Å². The first kappa shape index (κ1) is 19.1. The van der Waals surface area contributed by atoms with E-state index in [1.54, 1.807) is 23.1 Å².